The first-order valence-corrected chi connectivity index (χ1v) is 19.5. The van der Waals surface area contributed by atoms with Crippen LogP contribution in [0, 0.1) is 0 Å². The van der Waals surface area contributed by atoms with Crippen molar-refractivity contribution >= 4 is 69.1 Å². The van der Waals surface area contributed by atoms with Crippen LogP contribution in [0.2, 0.25) is 0 Å². The molecule has 47 heteroatoms. The molecule has 0 saturated carbocycles. The quantitative estimate of drug-likeness (QED) is 0.119. The molecule has 6 nitrogen and oxygen atoms in total. The molecule has 0 heterocycles. The molecule has 2 aromatic carbocycles. The summed E-state index contributed by atoms with van der Waals surface area (Å²) in [4.78, 5) is -3.56. The zero-order chi connectivity index (χ0) is 62.0. The molecule has 4 unspecified atom stereocenters. The molecule has 0 bridgehead atoms. The minimum atomic E-state index is -9.36. The van der Waals surface area contributed by atoms with Gasteiger partial charge in [0.2, 0.25) is 0 Å². The van der Waals surface area contributed by atoms with Gasteiger partial charge < -0.3 is 9.11 Å². The summed E-state index contributed by atoms with van der Waals surface area (Å²) in [7, 11) is -11.6. The van der Waals surface area contributed by atoms with Gasteiger partial charge in [-0.3, -0.25) is 0 Å². The predicted octanol–water partition coefficient (Wildman–Crippen LogP) is 13.0. The van der Waals surface area contributed by atoms with Gasteiger partial charge in [0.25, 0.3) is 11.3 Å². The molecule has 0 aliphatic heterocycles. The zero-order valence-corrected chi connectivity index (χ0v) is 40.0. The molecule has 77 heavy (non-hydrogen) atoms. The van der Waals surface area contributed by atoms with E-state index in [2.05, 4.69) is 0 Å². The number of halogens is 38. The van der Waals surface area contributed by atoms with E-state index in [0.717, 1.165) is 0 Å². The SMILES string of the molecule is O=S(=O)([O-])c1ccc(C(F)(C(F)(F)F)C(F)(F)C(F)(C(F)(F)F)C(F)(F)C(F)(C(F)(F)F)C(F)(F)F)cc1.O=S(=O)([O-])c1ccc(C(F)(C(F)(F)F)C(F)(F)C(F)(C(F)(F)F)C(F)(F)C(F)(C(F)(F)F)C(F)(F)F)cc1.[Ba+2]. The maximum Gasteiger partial charge on any atom is 2.00 e. The number of rotatable bonds is 12. The van der Waals surface area contributed by atoms with Crippen LogP contribution in [-0.4, -0.2) is 171 Å². The summed E-state index contributed by atoms with van der Waals surface area (Å²) in [6, 6.07) is -6.49. The monoisotopic (exact) mass is 1390 g/mol. The molecule has 2 aromatic rings. The first-order chi connectivity index (χ1) is 32.4. The van der Waals surface area contributed by atoms with Gasteiger partial charge in [0.1, 0.15) is 20.2 Å². The summed E-state index contributed by atoms with van der Waals surface area (Å²) >= 11 is 0. The first kappa shape index (κ1) is 74.2. The molecular formula is C30H8BaF38O6S2. The Balaban J connectivity index is 0.00000148. The van der Waals surface area contributed by atoms with Crippen LogP contribution in [0.25, 0.3) is 0 Å². The molecular weight excluding hydrogens is 1380 g/mol. The zero-order valence-electron chi connectivity index (χ0n) is 34.0. The van der Waals surface area contributed by atoms with Gasteiger partial charge in [0, 0.05) is 11.1 Å². The molecule has 4 atom stereocenters. The maximum atomic E-state index is 14.9. The topological polar surface area (TPSA) is 114 Å². The number of hydrogen-bond acceptors (Lipinski definition) is 6. The van der Waals surface area contributed by atoms with Crippen molar-refractivity contribution in [3.05, 3.63) is 59.7 Å². The third kappa shape index (κ3) is 10.8. The Kier molecular flexibility index (Phi) is 19.5. The van der Waals surface area contributed by atoms with Crippen molar-refractivity contribution in [1.82, 2.24) is 0 Å². The minimum Gasteiger partial charge on any atom is -0.744 e. The average molecular weight is 1390 g/mol. The van der Waals surface area contributed by atoms with E-state index in [9.17, 15) is 193 Å². The molecule has 0 aromatic heterocycles. The van der Waals surface area contributed by atoms with E-state index in [1.54, 1.807) is 0 Å². The smallest absolute Gasteiger partial charge is 0.744 e. The van der Waals surface area contributed by atoms with Crippen LogP contribution in [0.3, 0.4) is 0 Å². The summed E-state index contributed by atoms with van der Waals surface area (Å²) in [6.07, 6.45) is -67.2. The largest absolute Gasteiger partial charge is 2.00 e. The van der Waals surface area contributed by atoms with Crippen molar-refractivity contribution < 1.29 is 193 Å². The first-order valence-electron chi connectivity index (χ1n) is 16.7. The molecule has 0 radical (unpaired) electrons. The molecule has 0 aliphatic carbocycles. The third-order valence-electron chi connectivity index (χ3n) is 9.67. The predicted molar refractivity (Wildman–Crippen MR) is 164 cm³/mol. The number of alkyl halides is 38. The second-order valence-corrected chi connectivity index (χ2v) is 16.9. The Morgan fingerprint density at radius 3 is 0.519 bits per heavy atom. The molecule has 0 fully saturated rings. The summed E-state index contributed by atoms with van der Waals surface area (Å²) in [5.41, 5.74) is -58.5. The summed E-state index contributed by atoms with van der Waals surface area (Å²) < 4.78 is 577. The standard InChI is InChI=1S/2C15H5F19O3S.Ba/c2*16-7(12(23,24)25,5-1-3-6(4-2-5)38(35,36)37)10(19,20)8(17,13(26,27)28)11(21,22)9(18,14(29,30)31)15(32,33)34;/h2*1-4H,(H,35,36,37);/q;;+2/p-2. The van der Waals surface area contributed by atoms with Crippen molar-refractivity contribution in [3.63, 3.8) is 0 Å². The van der Waals surface area contributed by atoms with E-state index in [4.69, 9.17) is 0 Å². The van der Waals surface area contributed by atoms with Crippen molar-refractivity contribution in [2.45, 2.75) is 117 Å². The van der Waals surface area contributed by atoms with Crippen LogP contribution in [0.5, 0.6) is 0 Å². The fourth-order valence-electron chi connectivity index (χ4n) is 5.84. The molecule has 0 amide bonds. The van der Waals surface area contributed by atoms with Gasteiger partial charge in [0.15, 0.2) is 0 Å². The van der Waals surface area contributed by atoms with E-state index < -0.39 is 197 Å². The van der Waals surface area contributed by atoms with E-state index >= 15 is 0 Å². The maximum absolute atomic E-state index is 14.9. The molecule has 0 spiro atoms. The average Bonchev–Trinajstić information content (AvgIpc) is 3.17. The van der Waals surface area contributed by atoms with E-state index in [1.165, 1.54) is 0 Å². The fraction of sp³-hybridized carbons (Fsp3) is 0.600. The van der Waals surface area contributed by atoms with Gasteiger partial charge in [0.05, 0.1) is 9.79 Å². The van der Waals surface area contributed by atoms with Crippen molar-refractivity contribution in [1.29, 1.82) is 0 Å². The van der Waals surface area contributed by atoms with Crippen molar-refractivity contribution in [3.8, 4) is 0 Å². The summed E-state index contributed by atoms with van der Waals surface area (Å²) in [6.45, 7) is 0. The number of hydrogen-bond donors (Lipinski definition) is 0. The molecule has 0 aliphatic rings. The Morgan fingerprint density at radius 1 is 0.247 bits per heavy atom. The fourth-order valence-corrected chi connectivity index (χ4v) is 6.78. The van der Waals surface area contributed by atoms with E-state index in [1.807, 2.05) is 0 Å². The van der Waals surface area contributed by atoms with E-state index in [-0.39, 0.29) is 48.9 Å². The van der Waals surface area contributed by atoms with Crippen molar-refractivity contribution in [2.75, 3.05) is 0 Å². The van der Waals surface area contributed by atoms with Gasteiger partial charge in [-0.25, -0.2) is 43.2 Å². The van der Waals surface area contributed by atoms with Crippen LogP contribution in [0.1, 0.15) is 11.1 Å². The van der Waals surface area contributed by atoms with Gasteiger partial charge in [-0.1, -0.05) is 24.3 Å². The van der Waals surface area contributed by atoms with Crippen LogP contribution < -0.4 is 0 Å². The molecule has 0 saturated heterocycles. The molecule has 444 valence electrons. The van der Waals surface area contributed by atoms with Gasteiger partial charge in [-0.15, -0.1) is 0 Å². The second-order valence-electron chi connectivity index (χ2n) is 14.2. The van der Waals surface area contributed by atoms with Crippen molar-refractivity contribution in [2.24, 2.45) is 0 Å². The Morgan fingerprint density at radius 2 is 0.403 bits per heavy atom. The Labute approximate surface area is 436 Å². The van der Waals surface area contributed by atoms with E-state index in [0.29, 0.717) is 0 Å². The van der Waals surface area contributed by atoms with Crippen LogP contribution in [0.15, 0.2) is 58.3 Å². The minimum absolute atomic E-state index is 0. The Hall–Kier alpha value is -2.83. The summed E-state index contributed by atoms with van der Waals surface area (Å²) in [5, 5.41) is 0. The second kappa shape index (κ2) is 20.3. The normalized spacial score (nSPS) is 18.4. The summed E-state index contributed by atoms with van der Waals surface area (Å²) in [5.74, 6) is -36.5. The van der Waals surface area contributed by atoms with Crippen LogP contribution in [-0.2, 0) is 31.6 Å². The van der Waals surface area contributed by atoms with Crippen LogP contribution >= 0.6 is 0 Å². The van der Waals surface area contributed by atoms with Crippen LogP contribution in [0.4, 0.5) is 167 Å². The van der Waals surface area contributed by atoms with Gasteiger partial charge in [-0.05, 0) is 24.3 Å². The van der Waals surface area contributed by atoms with Gasteiger partial charge in [-0.2, -0.15) is 140 Å². The molecule has 2 rings (SSSR count). The molecule has 0 N–H and O–H groups in total. The third-order valence-corrected chi connectivity index (χ3v) is 11.4. The number of benzene rings is 2. The Bertz CT molecular complexity index is 2420. The van der Waals surface area contributed by atoms with Gasteiger partial charge >= 0.3 is 145 Å².